The van der Waals surface area contributed by atoms with Crippen molar-refractivity contribution in [1.29, 1.82) is 0 Å². The van der Waals surface area contributed by atoms with E-state index in [2.05, 4.69) is 0 Å². The average Bonchev–Trinajstić information content (AvgIpc) is 2.11. The zero-order valence-corrected chi connectivity index (χ0v) is 8.96. The lowest BCUT2D eigenvalue weighted by Crippen LogP contribution is -2.11. The van der Waals surface area contributed by atoms with Gasteiger partial charge in [0.1, 0.15) is 0 Å². The van der Waals surface area contributed by atoms with Crippen molar-refractivity contribution in [3.8, 4) is 0 Å². The van der Waals surface area contributed by atoms with Crippen LogP contribution < -0.4 is 0 Å². The molecule has 0 amide bonds. The Balaban J connectivity index is 5.33. The van der Waals surface area contributed by atoms with Crippen molar-refractivity contribution in [2.75, 3.05) is 0 Å². The van der Waals surface area contributed by atoms with Crippen LogP contribution in [-0.2, 0) is 4.79 Å². The summed E-state index contributed by atoms with van der Waals surface area (Å²) in [5.41, 5.74) is 0.682. The summed E-state index contributed by atoms with van der Waals surface area (Å²) in [5, 5.41) is 10.7. The highest BCUT2D eigenvalue weighted by Gasteiger charge is 2.23. The molecule has 0 aromatic heterocycles. The van der Waals surface area contributed by atoms with E-state index in [9.17, 15) is 14.9 Å². The van der Waals surface area contributed by atoms with Gasteiger partial charge in [-0.05, 0) is 20.8 Å². The van der Waals surface area contributed by atoms with Gasteiger partial charge in [-0.15, -0.1) is 0 Å². The van der Waals surface area contributed by atoms with Gasteiger partial charge < -0.3 is 0 Å². The Bertz CT molecular complexity index is 309. The molecule has 0 saturated carbocycles. The first-order valence-corrected chi connectivity index (χ1v) is 4.47. The van der Waals surface area contributed by atoms with E-state index in [1.165, 1.54) is 6.08 Å². The van der Waals surface area contributed by atoms with Crippen molar-refractivity contribution < 1.29 is 9.72 Å². The van der Waals surface area contributed by atoms with E-state index < -0.39 is 4.92 Å². The number of carbonyl (C=O) groups is 1. The highest BCUT2D eigenvalue weighted by Crippen LogP contribution is 2.17. The van der Waals surface area contributed by atoms with Crippen LogP contribution in [0.15, 0.2) is 22.9 Å². The molecule has 78 valence electrons. The highest BCUT2D eigenvalue weighted by molar-refractivity contribution is 5.98. The van der Waals surface area contributed by atoms with Crippen molar-refractivity contribution in [3.63, 3.8) is 0 Å². The van der Waals surface area contributed by atoms with Crippen LogP contribution in [-0.4, -0.2) is 10.7 Å². The third-order valence-electron chi connectivity index (χ3n) is 1.82. The molecule has 0 unspecified atom stereocenters. The Labute approximate surface area is 83.5 Å². The molecular formula is C10H15NO3. The molecular weight excluding hydrogens is 182 g/mol. The van der Waals surface area contributed by atoms with E-state index in [-0.39, 0.29) is 23.5 Å². The summed E-state index contributed by atoms with van der Waals surface area (Å²) in [4.78, 5) is 21.6. The second kappa shape index (κ2) is 5.32. The molecule has 0 rings (SSSR count). The monoisotopic (exact) mass is 197 g/mol. The number of allylic oxidation sites excluding steroid dienone is 3. The van der Waals surface area contributed by atoms with Crippen LogP contribution in [0.25, 0.3) is 0 Å². The summed E-state index contributed by atoms with van der Waals surface area (Å²) in [6, 6.07) is 0. The molecule has 0 N–H and O–H groups in total. The van der Waals surface area contributed by atoms with Crippen LogP contribution in [0.4, 0.5) is 0 Å². The maximum absolute atomic E-state index is 11.4. The van der Waals surface area contributed by atoms with Gasteiger partial charge >= 0.3 is 0 Å². The van der Waals surface area contributed by atoms with Crippen molar-refractivity contribution in [2.24, 2.45) is 0 Å². The first kappa shape index (κ1) is 12.6. The maximum Gasteiger partial charge on any atom is 0.278 e. The predicted molar refractivity (Wildman–Crippen MR) is 54.4 cm³/mol. The quantitative estimate of drug-likeness (QED) is 0.301. The Kier molecular flexibility index (Phi) is 4.77. The predicted octanol–water partition coefficient (Wildman–Crippen LogP) is 2.48. The van der Waals surface area contributed by atoms with Crippen molar-refractivity contribution >= 4 is 5.78 Å². The van der Waals surface area contributed by atoms with Gasteiger partial charge in [0.15, 0.2) is 5.78 Å². The van der Waals surface area contributed by atoms with Crippen molar-refractivity contribution in [2.45, 2.75) is 34.1 Å². The minimum absolute atomic E-state index is 0.0700. The van der Waals surface area contributed by atoms with Crippen molar-refractivity contribution in [1.82, 2.24) is 0 Å². The smallest absolute Gasteiger partial charge is 0.278 e. The average molecular weight is 197 g/mol. The minimum atomic E-state index is -0.502. The summed E-state index contributed by atoms with van der Waals surface area (Å²) >= 11 is 0. The number of nitro groups is 1. The largest absolute Gasteiger partial charge is 0.294 e. The van der Waals surface area contributed by atoms with Crippen LogP contribution in [0.1, 0.15) is 34.1 Å². The van der Waals surface area contributed by atoms with Crippen LogP contribution in [0.3, 0.4) is 0 Å². The number of hydrogen-bond donors (Lipinski definition) is 0. The maximum atomic E-state index is 11.4. The van der Waals surface area contributed by atoms with E-state index in [0.717, 1.165) is 0 Å². The number of nitrogens with zero attached hydrogens (tertiary/aromatic N) is 1. The van der Waals surface area contributed by atoms with E-state index in [1.807, 2.05) is 0 Å². The number of carbonyl (C=O) groups excluding carboxylic acids is 1. The second-order valence-corrected chi connectivity index (χ2v) is 3.08. The van der Waals surface area contributed by atoms with Gasteiger partial charge in [-0.1, -0.05) is 13.0 Å². The zero-order valence-electron chi connectivity index (χ0n) is 8.96. The minimum Gasteiger partial charge on any atom is -0.294 e. The molecule has 0 aromatic rings. The van der Waals surface area contributed by atoms with Crippen LogP contribution in [0, 0.1) is 10.1 Å². The molecule has 0 spiro atoms. The highest BCUT2D eigenvalue weighted by atomic mass is 16.6. The van der Waals surface area contributed by atoms with E-state index in [0.29, 0.717) is 5.57 Å². The molecule has 14 heavy (non-hydrogen) atoms. The first-order valence-electron chi connectivity index (χ1n) is 4.47. The molecule has 0 saturated heterocycles. The van der Waals surface area contributed by atoms with Gasteiger partial charge in [0.2, 0.25) is 0 Å². The molecule has 0 aliphatic carbocycles. The van der Waals surface area contributed by atoms with Gasteiger partial charge in [-0.3, -0.25) is 14.9 Å². The first-order chi connectivity index (χ1) is 6.45. The molecule has 0 atom stereocenters. The molecule has 0 radical (unpaired) electrons. The standard InChI is InChI=1S/C10H15NO3/c1-5-8(9(12)6-2)10(7(3)4)11(13)14/h5H,6H2,1-4H3/b8-5+. The normalized spacial score (nSPS) is 11.0. The summed E-state index contributed by atoms with van der Waals surface area (Å²) in [7, 11) is 0. The number of hydrogen-bond acceptors (Lipinski definition) is 3. The van der Waals surface area contributed by atoms with E-state index in [1.54, 1.807) is 27.7 Å². The Hall–Kier alpha value is -1.45. The van der Waals surface area contributed by atoms with Gasteiger partial charge in [-0.2, -0.15) is 0 Å². The summed E-state index contributed by atoms with van der Waals surface area (Å²) in [5.74, 6) is -0.194. The third-order valence-corrected chi connectivity index (χ3v) is 1.82. The van der Waals surface area contributed by atoms with Crippen molar-refractivity contribution in [3.05, 3.63) is 33.0 Å². The zero-order chi connectivity index (χ0) is 11.3. The van der Waals surface area contributed by atoms with Crippen LogP contribution in [0.2, 0.25) is 0 Å². The molecule has 0 heterocycles. The van der Waals surface area contributed by atoms with Gasteiger partial charge in [0, 0.05) is 12.0 Å². The van der Waals surface area contributed by atoms with E-state index in [4.69, 9.17) is 0 Å². The molecule has 4 heteroatoms. The van der Waals surface area contributed by atoms with E-state index >= 15 is 0 Å². The van der Waals surface area contributed by atoms with Gasteiger partial charge in [-0.25, -0.2) is 0 Å². The lowest BCUT2D eigenvalue weighted by atomic mass is 10.0. The SMILES string of the molecule is C/C=C(\C(=O)CC)C(=C(C)C)[N+](=O)[O-]. The number of Topliss-reactive ketones (excluding diaryl/α,β-unsaturated/α-hetero) is 1. The number of ketones is 1. The topological polar surface area (TPSA) is 60.2 Å². The van der Waals surface area contributed by atoms with Gasteiger partial charge in [0.25, 0.3) is 5.70 Å². The van der Waals surface area contributed by atoms with Crippen LogP contribution in [0.5, 0.6) is 0 Å². The third kappa shape index (κ3) is 2.80. The molecule has 0 aliphatic heterocycles. The molecule has 0 bridgehead atoms. The van der Waals surface area contributed by atoms with Crippen LogP contribution >= 0.6 is 0 Å². The molecule has 0 aromatic carbocycles. The molecule has 4 nitrogen and oxygen atoms in total. The summed E-state index contributed by atoms with van der Waals surface area (Å²) < 4.78 is 0. The lowest BCUT2D eigenvalue weighted by Gasteiger charge is -2.03. The molecule has 0 aliphatic rings. The fraction of sp³-hybridized carbons (Fsp3) is 0.500. The Morgan fingerprint density at radius 3 is 2.14 bits per heavy atom. The fourth-order valence-electron chi connectivity index (χ4n) is 1.17. The Morgan fingerprint density at radius 2 is 1.93 bits per heavy atom. The Morgan fingerprint density at radius 1 is 1.43 bits per heavy atom. The van der Waals surface area contributed by atoms with Gasteiger partial charge in [0.05, 0.1) is 10.5 Å². The second-order valence-electron chi connectivity index (χ2n) is 3.08. The summed E-state index contributed by atoms with van der Waals surface area (Å²) in [6.07, 6.45) is 1.78. The number of rotatable bonds is 4. The fourth-order valence-corrected chi connectivity index (χ4v) is 1.17. The lowest BCUT2D eigenvalue weighted by molar-refractivity contribution is -0.421. The molecule has 0 fully saturated rings. The summed E-state index contributed by atoms with van der Waals surface area (Å²) in [6.45, 7) is 6.58.